The quantitative estimate of drug-likeness (QED) is 0.408. The number of rotatable bonds is 2. The van der Waals surface area contributed by atoms with Gasteiger partial charge >= 0.3 is 0 Å². The maximum atomic E-state index is 12.8. The molecule has 0 unspecified atom stereocenters. The summed E-state index contributed by atoms with van der Waals surface area (Å²) >= 11 is 0.954. The van der Waals surface area contributed by atoms with E-state index in [-0.39, 0.29) is 10.1 Å². The highest BCUT2D eigenvalue weighted by molar-refractivity contribution is 7.23. The Labute approximate surface area is 135 Å². The number of fused-ring (bicyclic) bond motifs is 4. The summed E-state index contributed by atoms with van der Waals surface area (Å²) in [6, 6.07) is 8.83. The molecule has 0 N–H and O–H groups in total. The van der Waals surface area contributed by atoms with E-state index in [0.717, 1.165) is 23.5 Å². The first kappa shape index (κ1) is 14.2. The summed E-state index contributed by atoms with van der Waals surface area (Å²) in [6.45, 7) is 0. The molecule has 0 bridgehead atoms. The van der Waals surface area contributed by atoms with Crippen LogP contribution in [0.4, 0.5) is 11.4 Å². The van der Waals surface area contributed by atoms with E-state index < -0.39 is 26.8 Å². The second kappa shape index (κ2) is 4.80. The van der Waals surface area contributed by atoms with Crippen molar-refractivity contribution in [2.45, 2.75) is 0 Å². The Morgan fingerprint density at radius 3 is 2.54 bits per heavy atom. The third-order valence-corrected chi connectivity index (χ3v) is 4.71. The average molecular weight is 342 g/mol. The van der Waals surface area contributed by atoms with Crippen molar-refractivity contribution in [2.75, 3.05) is 0 Å². The van der Waals surface area contributed by atoms with Crippen LogP contribution in [0.15, 0.2) is 41.2 Å². The molecule has 4 rings (SSSR count). The zero-order valence-corrected chi connectivity index (χ0v) is 12.5. The summed E-state index contributed by atoms with van der Waals surface area (Å²) < 4.78 is 1.38. The van der Waals surface area contributed by atoms with Crippen molar-refractivity contribution in [1.82, 2.24) is 9.38 Å². The van der Waals surface area contributed by atoms with Crippen LogP contribution < -0.4 is 5.56 Å². The molecule has 0 fully saturated rings. The summed E-state index contributed by atoms with van der Waals surface area (Å²) in [5.74, 6) is 0. The minimum absolute atomic E-state index is 0.0680. The number of hydrogen-bond donors (Lipinski definition) is 0. The molecule has 0 aliphatic rings. The number of non-ortho nitro benzene ring substituents is 2. The molecular weight excluding hydrogens is 336 g/mol. The van der Waals surface area contributed by atoms with Gasteiger partial charge in [0.15, 0.2) is 4.96 Å². The van der Waals surface area contributed by atoms with Gasteiger partial charge in [0.05, 0.1) is 32.3 Å². The van der Waals surface area contributed by atoms with Crippen LogP contribution in [-0.2, 0) is 0 Å². The highest BCUT2D eigenvalue weighted by Crippen LogP contribution is 2.34. The zero-order chi connectivity index (χ0) is 17.0. The maximum Gasteiger partial charge on any atom is 0.294 e. The van der Waals surface area contributed by atoms with Gasteiger partial charge in [-0.1, -0.05) is 23.5 Å². The van der Waals surface area contributed by atoms with E-state index in [1.54, 1.807) is 24.3 Å². The minimum Gasteiger partial charge on any atom is -0.268 e. The molecule has 2 heterocycles. The lowest BCUT2D eigenvalue weighted by molar-refractivity contribution is -0.392. The predicted octanol–water partition coefficient (Wildman–Crippen LogP) is 2.88. The van der Waals surface area contributed by atoms with Crippen LogP contribution in [0.3, 0.4) is 0 Å². The van der Waals surface area contributed by atoms with E-state index >= 15 is 0 Å². The normalized spacial score (nSPS) is 11.3. The molecule has 118 valence electrons. The van der Waals surface area contributed by atoms with Gasteiger partial charge in [0, 0.05) is 6.07 Å². The smallest absolute Gasteiger partial charge is 0.268 e. The Morgan fingerprint density at radius 1 is 1.08 bits per heavy atom. The van der Waals surface area contributed by atoms with E-state index in [4.69, 9.17) is 0 Å². The van der Waals surface area contributed by atoms with E-state index in [2.05, 4.69) is 4.98 Å². The lowest BCUT2D eigenvalue weighted by Gasteiger charge is -2.01. The van der Waals surface area contributed by atoms with Crippen LogP contribution in [0.2, 0.25) is 0 Å². The molecule has 0 saturated heterocycles. The molecule has 0 radical (unpaired) electrons. The van der Waals surface area contributed by atoms with Crippen molar-refractivity contribution < 1.29 is 9.85 Å². The third-order valence-electron chi connectivity index (χ3n) is 3.62. The van der Waals surface area contributed by atoms with Crippen molar-refractivity contribution in [3.8, 4) is 0 Å². The molecule has 0 saturated carbocycles. The highest BCUT2D eigenvalue weighted by atomic mass is 32.1. The average Bonchev–Trinajstić information content (AvgIpc) is 2.92. The second-order valence-electron chi connectivity index (χ2n) is 4.98. The van der Waals surface area contributed by atoms with Crippen molar-refractivity contribution in [1.29, 1.82) is 0 Å². The van der Waals surface area contributed by atoms with Gasteiger partial charge in [0.25, 0.3) is 16.9 Å². The van der Waals surface area contributed by atoms with E-state index in [0.29, 0.717) is 16.0 Å². The topological polar surface area (TPSA) is 121 Å². The molecule has 9 nitrogen and oxygen atoms in total. The monoisotopic (exact) mass is 342 g/mol. The Bertz CT molecular complexity index is 1240. The van der Waals surface area contributed by atoms with Crippen molar-refractivity contribution >= 4 is 48.8 Å². The Morgan fingerprint density at radius 2 is 1.83 bits per heavy atom. The molecule has 4 aromatic rings. The van der Waals surface area contributed by atoms with Crippen LogP contribution in [0.5, 0.6) is 0 Å². The van der Waals surface area contributed by atoms with Gasteiger partial charge in [-0.2, -0.15) is 0 Å². The Balaban J connectivity index is 2.28. The van der Waals surface area contributed by atoms with Gasteiger partial charge < -0.3 is 0 Å². The number of nitro groups is 2. The molecule has 2 aromatic heterocycles. The van der Waals surface area contributed by atoms with Crippen LogP contribution in [0, 0.1) is 20.2 Å². The standard InChI is InChI=1S/C14H6N4O5S/c19-13-8-5-7(17(20)21)6-11(18(22)23)12(8)24-14-15-9-3-1-2-4-10(9)16(13)14/h1-6H. The van der Waals surface area contributed by atoms with Crippen LogP contribution in [-0.4, -0.2) is 19.2 Å². The van der Waals surface area contributed by atoms with E-state index in [9.17, 15) is 25.0 Å². The fourth-order valence-corrected chi connectivity index (χ4v) is 3.68. The lowest BCUT2D eigenvalue weighted by Crippen LogP contribution is -2.12. The number of nitrogens with zero attached hydrogens (tertiary/aromatic N) is 4. The number of para-hydroxylation sites is 2. The largest absolute Gasteiger partial charge is 0.294 e. The van der Waals surface area contributed by atoms with Gasteiger partial charge in [-0.25, -0.2) is 9.38 Å². The molecule has 0 aliphatic heterocycles. The molecular formula is C14H6N4O5S. The second-order valence-corrected chi connectivity index (χ2v) is 5.96. The van der Waals surface area contributed by atoms with Gasteiger partial charge in [-0.15, -0.1) is 0 Å². The van der Waals surface area contributed by atoms with Crippen molar-refractivity contribution in [2.24, 2.45) is 0 Å². The fraction of sp³-hybridized carbons (Fsp3) is 0. The van der Waals surface area contributed by atoms with Gasteiger partial charge in [0.2, 0.25) is 0 Å². The Hall–Kier alpha value is -3.40. The lowest BCUT2D eigenvalue weighted by atomic mass is 10.2. The van der Waals surface area contributed by atoms with Crippen LogP contribution >= 0.6 is 11.3 Å². The fourth-order valence-electron chi connectivity index (χ4n) is 2.59. The van der Waals surface area contributed by atoms with Gasteiger partial charge in [-0.3, -0.25) is 25.0 Å². The highest BCUT2D eigenvalue weighted by Gasteiger charge is 2.23. The summed E-state index contributed by atoms with van der Waals surface area (Å²) in [5, 5.41) is 22.2. The van der Waals surface area contributed by atoms with Crippen LogP contribution in [0.25, 0.3) is 26.1 Å². The Kier molecular flexibility index (Phi) is 2.84. The number of nitro benzene ring substituents is 2. The van der Waals surface area contributed by atoms with Crippen molar-refractivity contribution in [3.05, 3.63) is 67.0 Å². The summed E-state index contributed by atoms with van der Waals surface area (Å²) in [7, 11) is 0. The number of benzene rings is 2. The maximum absolute atomic E-state index is 12.8. The predicted molar refractivity (Wildman–Crippen MR) is 87.7 cm³/mol. The van der Waals surface area contributed by atoms with E-state index in [1.165, 1.54) is 4.40 Å². The zero-order valence-electron chi connectivity index (χ0n) is 11.7. The minimum atomic E-state index is -0.757. The molecule has 10 heteroatoms. The van der Waals surface area contributed by atoms with Crippen molar-refractivity contribution in [3.63, 3.8) is 0 Å². The van der Waals surface area contributed by atoms with Crippen LogP contribution in [0.1, 0.15) is 0 Å². The first-order chi connectivity index (χ1) is 11.5. The van der Waals surface area contributed by atoms with Gasteiger partial charge in [-0.05, 0) is 12.1 Å². The SMILES string of the molecule is O=c1c2cc([N+](=O)[O-])cc([N+](=O)[O-])c2sc2nc3ccccc3n12. The molecule has 0 amide bonds. The summed E-state index contributed by atoms with van der Waals surface area (Å²) in [5.41, 5.74) is -0.430. The number of aromatic nitrogens is 2. The molecule has 2 aromatic carbocycles. The van der Waals surface area contributed by atoms with Gasteiger partial charge in [0.1, 0.15) is 4.70 Å². The number of imidazole rings is 1. The first-order valence-corrected chi connectivity index (χ1v) is 7.46. The third kappa shape index (κ3) is 1.86. The molecule has 0 atom stereocenters. The first-order valence-electron chi connectivity index (χ1n) is 6.64. The van der Waals surface area contributed by atoms with E-state index in [1.807, 2.05) is 0 Å². The molecule has 24 heavy (non-hydrogen) atoms. The molecule has 0 aliphatic carbocycles. The molecule has 0 spiro atoms. The summed E-state index contributed by atoms with van der Waals surface area (Å²) in [4.78, 5) is 38.2. The number of hydrogen-bond acceptors (Lipinski definition) is 7. The summed E-state index contributed by atoms with van der Waals surface area (Å²) in [6.07, 6.45) is 0.